The summed E-state index contributed by atoms with van der Waals surface area (Å²) in [6, 6.07) is 6.37. The Hall–Kier alpha value is -4.55. The highest BCUT2D eigenvalue weighted by molar-refractivity contribution is 5.98. The third-order valence-electron chi connectivity index (χ3n) is 6.98. The quantitative estimate of drug-likeness (QED) is 0.329. The summed E-state index contributed by atoms with van der Waals surface area (Å²) in [7, 11) is 2.75. The van der Waals surface area contributed by atoms with Crippen molar-refractivity contribution in [1.82, 2.24) is 25.1 Å². The Morgan fingerprint density at radius 3 is 2.19 bits per heavy atom. The minimum absolute atomic E-state index is 0.109. The predicted molar refractivity (Wildman–Crippen MR) is 158 cm³/mol. The second kappa shape index (κ2) is 12.8. The fourth-order valence-corrected chi connectivity index (χ4v) is 4.41. The zero-order chi connectivity index (χ0) is 32.3. The van der Waals surface area contributed by atoms with Gasteiger partial charge in [0.15, 0.2) is 0 Å². The SMILES string of the molecule is COC(=O)Nc1c(C)nc(C(C)(C)C)n(CC(=O)N[C@H](C(=O)c2nnc(C(C)(C)c3ccc(OC)cc3)o2)C(C)C)c1=O. The Morgan fingerprint density at radius 2 is 1.65 bits per heavy atom. The highest BCUT2D eigenvalue weighted by Crippen LogP contribution is 2.32. The lowest BCUT2D eigenvalue weighted by Crippen LogP contribution is -2.47. The molecule has 0 aliphatic carbocycles. The lowest BCUT2D eigenvalue weighted by Gasteiger charge is -2.25. The summed E-state index contributed by atoms with van der Waals surface area (Å²) >= 11 is 0. The molecule has 0 unspecified atom stereocenters. The van der Waals surface area contributed by atoms with Gasteiger partial charge in [0.25, 0.3) is 11.4 Å². The normalized spacial score (nSPS) is 12.5. The number of methoxy groups -OCH3 is 2. The highest BCUT2D eigenvalue weighted by atomic mass is 16.5. The number of carbonyl (C=O) groups excluding carboxylic acids is 3. The summed E-state index contributed by atoms with van der Waals surface area (Å²) in [6.07, 6.45) is -0.846. The number of Topliss-reactive ketones (excluding diaryl/α,β-unsaturated/α-hetero) is 1. The predicted octanol–water partition coefficient (Wildman–Crippen LogP) is 3.77. The molecule has 0 saturated carbocycles. The second-order valence-electron chi connectivity index (χ2n) is 12.1. The Kier molecular flexibility index (Phi) is 9.78. The minimum atomic E-state index is -1.02. The van der Waals surface area contributed by atoms with Crippen LogP contribution in [-0.2, 0) is 26.9 Å². The van der Waals surface area contributed by atoms with Gasteiger partial charge in [0.05, 0.1) is 31.4 Å². The molecule has 13 heteroatoms. The number of aromatic nitrogens is 4. The van der Waals surface area contributed by atoms with Crippen LogP contribution in [0.3, 0.4) is 0 Å². The summed E-state index contributed by atoms with van der Waals surface area (Å²) in [6.45, 7) is 14.0. The first kappa shape index (κ1) is 33.0. The van der Waals surface area contributed by atoms with E-state index in [9.17, 15) is 19.2 Å². The van der Waals surface area contributed by atoms with Crippen molar-refractivity contribution in [3.05, 3.63) is 63.5 Å². The Morgan fingerprint density at radius 1 is 1.02 bits per heavy atom. The molecule has 0 aliphatic rings. The first-order valence-corrected chi connectivity index (χ1v) is 13.8. The van der Waals surface area contributed by atoms with Crippen LogP contribution in [0.4, 0.5) is 10.5 Å². The standard InChI is InChI=1S/C30H40N6O7/c1-16(2)21(23(38)24-34-35-27(43-24)30(7,8)18-11-13-19(41-9)14-12-18)32-20(37)15-36-25(39)22(33-28(40)42-10)17(3)31-26(36)29(4,5)6/h11-14,16,21H,15H2,1-10H3,(H,32,37)(H,33,40)/t21-/m0/s1. The molecule has 0 fully saturated rings. The molecule has 13 nitrogen and oxygen atoms in total. The number of rotatable bonds is 10. The van der Waals surface area contributed by atoms with Gasteiger partial charge in [-0.1, -0.05) is 46.8 Å². The molecule has 43 heavy (non-hydrogen) atoms. The monoisotopic (exact) mass is 596 g/mol. The van der Waals surface area contributed by atoms with E-state index in [2.05, 4.69) is 30.6 Å². The van der Waals surface area contributed by atoms with Crippen molar-refractivity contribution in [2.45, 2.75) is 78.8 Å². The van der Waals surface area contributed by atoms with E-state index in [1.807, 2.05) is 58.9 Å². The molecule has 0 aliphatic heterocycles. The number of ether oxygens (including phenoxy) is 2. The summed E-state index contributed by atoms with van der Waals surface area (Å²) in [4.78, 5) is 56.6. The van der Waals surface area contributed by atoms with Crippen LogP contribution < -0.4 is 20.9 Å². The van der Waals surface area contributed by atoms with Gasteiger partial charge in [-0.25, -0.2) is 9.78 Å². The molecule has 2 amide bonds. The van der Waals surface area contributed by atoms with E-state index in [0.29, 0.717) is 11.6 Å². The lowest BCUT2D eigenvalue weighted by atomic mass is 9.84. The first-order valence-electron chi connectivity index (χ1n) is 13.8. The van der Waals surface area contributed by atoms with Crippen molar-refractivity contribution in [3.8, 4) is 5.75 Å². The van der Waals surface area contributed by atoms with E-state index in [1.54, 1.807) is 27.9 Å². The molecule has 0 saturated heterocycles. The van der Waals surface area contributed by atoms with Gasteiger partial charge in [-0.3, -0.25) is 24.3 Å². The maximum absolute atomic E-state index is 13.5. The smallest absolute Gasteiger partial charge is 0.411 e. The Labute approximate surface area is 250 Å². The van der Waals surface area contributed by atoms with Gasteiger partial charge >= 0.3 is 6.09 Å². The van der Waals surface area contributed by atoms with Crippen molar-refractivity contribution in [3.63, 3.8) is 0 Å². The van der Waals surface area contributed by atoms with E-state index < -0.39 is 46.8 Å². The molecule has 0 bridgehead atoms. The van der Waals surface area contributed by atoms with Gasteiger partial charge < -0.3 is 19.2 Å². The fraction of sp³-hybridized carbons (Fsp3) is 0.500. The van der Waals surface area contributed by atoms with E-state index >= 15 is 0 Å². The molecule has 2 heterocycles. The number of ketones is 1. The molecule has 3 aromatic rings. The molecule has 0 spiro atoms. The minimum Gasteiger partial charge on any atom is -0.497 e. The molecule has 1 atom stereocenters. The number of anilines is 1. The topological polar surface area (TPSA) is 168 Å². The highest BCUT2D eigenvalue weighted by Gasteiger charge is 2.35. The van der Waals surface area contributed by atoms with Gasteiger partial charge in [-0.15, -0.1) is 10.2 Å². The van der Waals surface area contributed by atoms with Crippen LogP contribution in [0, 0.1) is 12.8 Å². The third-order valence-corrected chi connectivity index (χ3v) is 6.98. The number of amides is 2. The summed E-state index contributed by atoms with van der Waals surface area (Å²) < 4.78 is 16.9. The third kappa shape index (κ3) is 7.27. The zero-order valence-corrected chi connectivity index (χ0v) is 26.3. The van der Waals surface area contributed by atoms with Crippen molar-refractivity contribution in [2.24, 2.45) is 5.92 Å². The van der Waals surface area contributed by atoms with Crippen LogP contribution >= 0.6 is 0 Å². The van der Waals surface area contributed by atoms with Crippen molar-refractivity contribution < 1.29 is 28.3 Å². The molecular weight excluding hydrogens is 556 g/mol. The van der Waals surface area contributed by atoms with Crippen molar-refractivity contribution in [1.29, 1.82) is 0 Å². The number of aryl methyl sites for hydroxylation is 1. The molecule has 2 aromatic heterocycles. The lowest BCUT2D eigenvalue weighted by molar-refractivity contribution is -0.122. The van der Waals surface area contributed by atoms with Crippen LogP contribution in [0.15, 0.2) is 33.5 Å². The average molecular weight is 597 g/mol. The number of carbonyl (C=O) groups is 3. The molecule has 2 N–H and O–H groups in total. The first-order chi connectivity index (χ1) is 20.0. The van der Waals surface area contributed by atoms with Crippen molar-refractivity contribution >= 4 is 23.5 Å². The molecular formula is C30H40N6O7. The number of nitrogens with zero attached hydrogens (tertiary/aromatic N) is 4. The summed E-state index contributed by atoms with van der Waals surface area (Å²) in [5.41, 5.74) is -0.935. The number of hydrogen-bond donors (Lipinski definition) is 2. The molecule has 3 rings (SSSR count). The fourth-order valence-electron chi connectivity index (χ4n) is 4.41. The van der Waals surface area contributed by atoms with Crippen LogP contribution in [-0.4, -0.2) is 57.8 Å². The van der Waals surface area contributed by atoms with E-state index in [4.69, 9.17) is 9.15 Å². The van der Waals surface area contributed by atoms with Crippen LogP contribution in [0.1, 0.15) is 82.1 Å². The maximum atomic E-state index is 13.5. The molecule has 0 radical (unpaired) electrons. The van der Waals surface area contributed by atoms with Gasteiger partial charge in [-0.05, 0) is 44.4 Å². The largest absolute Gasteiger partial charge is 0.497 e. The van der Waals surface area contributed by atoms with E-state index in [-0.39, 0.29) is 29.1 Å². The van der Waals surface area contributed by atoms with Gasteiger partial charge in [0.1, 0.15) is 23.8 Å². The van der Waals surface area contributed by atoms with Gasteiger partial charge in [0, 0.05) is 5.41 Å². The van der Waals surface area contributed by atoms with Crippen LogP contribution in [0.25, 0.3) is 0 Å². The maximum Gasteiger partial charge on any atom is 0.411 e. The number of hydrogen-bond acceptors (Lipinski definition) is 10. The zero-order valence-electron chi connectivity index (χ0n) is 26.3. The molecule has 1 aromatic carbocycles. The summed E-state index contributed by atoms with van der Waals surface area (Å²) in [5.74, 6) is -0.523. The second-order valence-corrected chi connectivity index (χ2v) is 12.1. The number of benzene rings is 1. The van der Waals surface area contributed by atoms with Crippen LogP contribution in [0.5, 0.6) is 5.75 Å². The molecule has 232 valence electrons. The number of nitrogens with one attached hydrogen (secondary N) is 2. The van der Waals surface area contributed by atoms with Crippen LogP contribution in [0.2, 0.25) is 0 Å². The Bertz CT molecular complexity index is 1550. The van der Waals surface area contributed by atoms with E-state index in [0.717, 1.165) is 5.56 Å². The average Bonchev–Trinajstić information content (AvgIpc) is 3.45. The van der Waals surface area contributed by atoms with Crippen molar-refractivity contribution in [2.75, 3.05) is 19.5 Å². The van der Waals surface area contributed by atoms with E-state index in [1.165, 1.54) is 11.7 Å². The summed E-state index contributed by atoms with van der Waals surface area (Å²) in [5, 5.41) is 13.2. The Balaban J connectivity index is 1.89. The van der Waals surface area contributed by atoms with Gasteiger partial charge in [-0.2, -0.15) is 0 Å². The van der Waals surface area contributed by atoms with Gasteiger partial charge in [0.2, 0.25) is 17.6 Å².